The van der Waals surface area contributed by atoms with Gasteiger partial charge in [0.15, 0.2) is 0 Å². The lowest BCUT2D eigenvalue weighted by atomic mass is 9.82. The Morgan fingerprint density at radius 2 is 2.11 bits per heavy atom. The zero-order valence-corrected chi connectivity index (χ0v) is 11.9. The van der Waals surface area contributed by atoms with Gasteiger partial charge in [-0.15, -0.1) is 0 Å². The molecule has 2 N–H and O–H groups in total. The van der Waals surface area contributed by atoms with Crippen LogP contribution in [0.15, 0.2) is 0 Å². The number of hydrogen-bond acceptors (Lipinski definition) is 3. The number of aliphatic carboxylic acids is 1. The summed E-state index contributed by atoms with van der Waals surface area (Å²) in [6.45, 7) is 5.74. The smallest absolute Gasteiger partial charge is 0.311 e. The van der Waals surface area contributed by atoms with Crippen molar-refractivity contribution < 1.29 is 14.7 Å². The second kappa shape index (κ2) is 5.12. The van der Waals surface area contributed by atoms with Gasteiger partial charge in [-0.05, 0) is 39.2 Å². The summed E-state index contributed by atoms with van der Waals surface area (Å²) >= 11 is 0. The van der Waals surface area contributed by atoms with Crippen molar-refractivity contribution in [3.63, 3.8) is 0 Å². The average molecular weight is 268 g/mol. The highest BCUT2D eigenvalue weighted by Gasteiger charge is 2.48. The van der Waals surface area contributed by atoms with E-state index < -0.39 is 16.9 Å². The highest BCUT2D eigenvalue weighted by Crippen LogP contribution is 2.37. The molecule has 0 bridgehead atoms. The summed E-state index contributed by atoms with van der Waals surface area (Å²) in [5, 5.41) is 12.7. The fraction of sp³-hybridized carbons (Fsp3) is 0.857. The van der Waals surface area contributed by atoms with Crippen molar-refractivity contribution in [1.29, 1.82) is 0 Å². The van der Waals surface area contributed by atoms with Gasteiger partial charge in [0.1, 0.15) is 0 Å². The normalized spacial score (nSPS) is 34.7. The third kappa shape index (κ3) is 2.48. The molecule has 5 heteroatoms. The van der Waals surface area contributed by atoms with Crippen LogP contribution >= 0.6 is 0 Å². The van der Waals surface area contributed by atoms with Crippen LogP contribution < -0.4 is 5.32 Å². The van der Waals surface area contributed by atoms with E-state index in [1.165, 1.54) is 0 Å². The number of carboxylic acid groups (broad SMARTS) is 1. The van der Waals surface area contributed by atoms with Crippen molar-refractivity contribution in [1.82, 2.24) is 10.2 Å². The third-order valence-corrected chi connectivity index (χ3v) is 4.66. The van der Waals surface area contributed by atoms with Crippen molar-refractivity contribution in [3.05, 3.63) is 0 Å². The van der Waals surface area contributed by atoms with Gasteiger partial charge in [0.25, 0.3) is 0 Å². The topological polar surface area (TPSA) is 69.6 Å². The van der Waals surface area contributed by atoms with Crippen LogP contribution in [-0.2, 0) is 9.59 Å². The first-order valence-electron chi connectivity index (χ1n) is 7.21. The SMILES string of the molecule is CCCC1(C(=O)O)CCN(C(=O)C2(C)CCCN2)C1. The predicted octanol–water partition coefficient (Wildman–Crippen LogP) is 1.23. The molecule has 1 amide bonds. The molecule has 2 aliphatic rings. The lowest BCUT2D eigenvalue weighted by molar-refractivity contribution is -0.149. The quantitative estimate of drug-likeness (QED) is 0.804. The van der Waals surface area contributed by atoms with E-state index in [2.05, 4.69) is 5.32 Å². The van der Waals surface area contributed by atoms with Crippen molar-refractivity contribution in [3.8, 4) is 0 Å². The summed E-state index contributed by atoms with van der Waals surface area (Å²) in [7, 11) is 0. The first-order chi connectivity index (χ1) is 8.93. The molecule has 2 atom stereocenters. The maximum absolute atomic E-state index is 12.6. The number of hydrogen-bond donors (Lipinski definition) is 2. The number of amides is 1. The van der Waals surface area contributed by atoms with Gasteiger partial charge in [0, 0.05) is 13.1 Å². The zero-order valence-electron chi connectivity index (χ0n) is 11.9. The van der Waals surface area contributed by atoms with E-state index in [1.54, 1.807) is 4.90 Å². The summed E-state index contributed by atoms with van der Waals surface area (Å²) in [5.74, 6) is -0.682. The summed E-state index contributed by atoms with van der Waals surface area (Å²) in [6.07, 6.45) is 3.92. The lowest BCUT2D eigenvalue weighted by Crippen LogP contribution is -2.52. The van der Waals surface area contributed by atoms with Gasteiger partial charge in [-0.25, -0.2) is 0 Å². The van der Waals surface area contributed by atoms with Gasteiger partial charge in [-0.2, -0.15) is 0 Å². The Morgan fingerprint density at radius 1 is 1.37 bits per heavy atom. The molecule has 0 aromatic carbocycles. The number of nitrogens with zero attached hydrogens (tertiary/aromatic N) is 1. The second-order valence-electron chi connectivity index (χ2n) is 6.17. The first kappa shape index (κ1) is 14.3. The summed E-state index contributed by atoms with van der Waals surface area (Å²) in [6, 6.07) is 0. The minimum atomic E-state index is -0.755. The van der Waals surface area contributed by atoms with Gasteiger partial charge in [0.2, 0.25) is 5.91 Å². The molecule has 2 heterocycles. The van der Waals surface area contributed by atoms with Crippen molar-refractivity contribution >= 4 is 11.9 Å². The molecule has 0 aliphatic carbocycles. The maximum Gasteiger partial charge on any atom is 0.311 e. The van der Waals surface area contributed by atoms with Gasteiger partial charge < -0.3 is 15.3 Å². The summed E-state index contributed by atoms with van der Waals surface area (Å²) in [5.41, 5.74) is -1.21. The minimum Gasteiger partial charge on any atom is -0.481 e. The Kier molecular flexibility index (Phi) is 3.85. The van der Waals surface area contributed by atoms with E-state index in [0.29, 0.717) is 25.9 Å². The van der Waals surface area contributed by atoms with E-state index in [4.69, 9.17) is 0 Å². The van der Waals surface area contributed by atoms with Crippen LogP contribution in [0.5, 0.6) is 0 Å². The second-order valence-corrected chi connectivity index (χ2v) is 6.17. The Labute approximate surface area is 114 Å². The molecule has 2 saturated heterocycles. The number of likely N-dealkylation sites (tertiary alicyclic amines) is 1. The van der Waals surface area contributed by atoms with Gasteiger partial charge >= 0.3 is 5.97 Å². The molecule has 0 aromatic heterocycles. The number of carboxylic acids is 1. The van der Waals surface area contributed by atoms with Gasteiger partial charge in [0.05, 0.1) is 11.0 Å². The molecule has 0 aromatic rings. The monoisotopic (exact) mass is 268 g/mol. The molecule has 2 unspecified atom stereocenters. The van der Waals surface area contributed by atoms with E-state index in [-0.39, 0.29) is 5.91 Å². The van der Waals surface area contributed by atoms with Crippen molar-refractivity contribution in [2.75, 3.05) is 19.6 Å². The van der Waals surface area contributed by atoms with E-state index in [1.807, 2.05) is 13.8 Å². The third-order valence-electron chi connectivity index (χ3n) is 4.66. The molecule has 0 radical (unpaired) electrons. The molecule has 2 aliphatic heterocycles. The molecule has 0 saturated carbocycles. The number of nitrogens with one attached hydrogen (secondary N) is 1. The van der Waals surface area contributed by atoms with Crippen molar-refractivity contribution in [2.24, 2.45) is 5.41 Å². The summed E-state index contributed by atoms with van der Waals surface area (Å²) in [4.78, 5) is 25.8. The van der Waals surface area contributed by atoms with E-state index in [0.717, 1.165) is 25.8 Å². The highest BCUT2D eigenvalue weighted by molar-refractivity contribution is 5.88. The van der Waals surface area contributed by atoms with E-state index in [9.17, 15) is 14.7 Å². The van der Waals surface area contributed by atoms with Crippen LogP contribution in [0.4, 0.5) is 0 Å². The predicted molar refractivity (Wildman–Crippen MR) is 71.8 cm³/mol. The fourth-order valence-corrected chi connectivity index (χ4v) is 3.44. The van der Waals surface area contributed by atoms with E-state index >= 15 is 0 Å². The minimum absolute atomic E-state index is 0.0734. The Morgan fingerprint density at radius 3 is 2.63 bits per heavy atom. The standard InChI is InChI=1S/C14H24N2O3/c1-3-5-14(12(18)19)7-9-16(10-14)11(17)13(2)6-4-8-15-13/h15H,3-10H2,1-2H3,(H,18,19). The Hall–Kier alpha value is -1.10. The largest absolute Gasteiger partial charge is 0.481 e. The molecule has 2 rings (SSSR count). The van der Waals surface area contributed by atoms with Crippen LogP contribution in [-0.4, -0.2) is 47.1 Å². The Balaban J connectivity index is 2.08. The van der Waals surface area contributed by atoms with Crippen LogP contribution in [0, 0.1) is 5.41 Å². The highest BCUT2D eigenvalue weighted by atomic mass is 16.4. The van der Waals surface area contributed by atoms with Crippen LogP contribution in [0.1, 0.15) is 46.0 Å². The van der Waals surface area contributed by atoms with Gasteiger partial charge in [-0.3, -0.25) is 9.59 Å². The van der Waals surface area contributed by atoms with Crippen molar-refractivity contribution in [2.45, 2.75) is 51.5 Å². The molecule has 5 nitrogen and oxygen atoms in total. The molecular formula is C14H24N2O3. The molecule has 19 heavy (non-hydrogen) atoms. The maximum atomic E-state index is 12.6. The lowest BCUT2D eigenvalue weighted by Gasteiger charge is -2.30. The summed E-state index contributed by atoms with van der Waals surface area (Å²) < 4.78 is 0. The van der Waals surface area contributed by atoms with Crippen LogP contribution in [0.3, 0.4) is 0 Å². The number of carbonyl (C=O) groups excluding carboxylic acids is 1. The fourth-order valence-electron chi connectivity index (χ4n) is 3.44. The number of carbonyl (C=O) groups is 2. The van der Waals surface area contributed by atoms with Gasteiger partial charge in [-0.1, -0.05) is 13.3 Å². The molecule has 0 spiro atoms. The molecular weight excluding hydrogens is 244 g/mol. The Bertz CT molecular complexity index is 377. The number of rotatable bonds is 4. The molecule has 108 valence electrons. The molecule has 2 fully saturated rings. The zero-order chi connectivity index (χ0) is 14.1. The average Bonchev–Trinajstić information content (AvgIpc) is 2.97. The first-order valence-corrected chi connectivity index (χ1v) is 7.21. The van der Waals surface area contributed by atoms with Crippen LogP contribution in [0.25, 0.3) is 0 Å². The van der Waals surface area contributed by atoms with Crippen LogP contribution in [0.2, 0.25) is 0 Å².